The lowest BCUT2D eigenvalue weighted by molar-refractivity contribution is 0.102. The van der Waals surface area contributed by atoms with Crippen LogP contribution in [0.3, 0.4) is 0 Å². The lowest BCUT2D eigenvalue weighted by Crippen LogP contribution is -2.14. The quantitative estimate of drug-likeness (QED) is 0.570. The summed E-state index contributed by atoms with van der Waals surface area (Å²) in [5, 5.41) is 2.81. The highest BCUT2D eigenvalue weighted by Gasteiger charge is 2.19. The van der Waals surface area contributed by atoms with Crippen LogP contribution >= 0.6 is 0 Å². The molecule has 0 saturated heterocycles. The second-order valence-corrected chi connectivity index (χ2v) is 9.42. The maximum Gasteiger partial charge on any atom is 0.262 e. The average Bonchev–Trinajstić information content (AvgIpc) is 3.05. The number of carbonyl (C=O) groups excluding carboxylic acids is 1. The predicted molar refractivity (Wildman–Crippen MR) is 128 cm³/mol. The van der Waals surface area contributed by atoms with Gasteiger partial charge < -0.3 is 19.7 Å². The summed E-state index contributed by atoms with van der Waals surface area (Å²) in [6.07, 6.45) is 0.735. The zero-order valence-electron chi connectivity index (χ0n) is 18.4. The van der Waals surface area contributed by atoms with Crippen LogP contribution in [-0.2, 0) is 10.0 Å². The summed E-state index contributed by atoms with van der Waals surface area (Å²) in [7, 11) is 0.0353. The fraction of sp³-hybridized carbons (Fsp3) is 0.208. The van der Waals surface area contributed by atoms with Gasteiger partial charge in [0.25, 0.3) is 15.9 Å². The first kappa shape index (κ1) is 22.5. The summed E-state index contributed by atoms with van der Waals surface area (Å²) in [5.41, 5.74) is 2.45. The first-order chi connectivity index (χ1) is 15.8. The van der Waals surface area contributed by atoms with Crippen molar-refractivity contribution in [2.45, 2.75) is 11.3 Å². The van der Waals surface area contributed by atoms with Crippen LogP contribution < -0.4 is 24.4 Å². The smallest absolute Gasteiger partial charge is 0.262 e. The molecule has 33 heavy (non-hydrogen) atoms. The maximum absolute atomic E-state index is 12.8. The molecule has 8 nitrogen and oxygen atoms in total. The number of carbonyl (C=O) groups is 1. The van der Waals surface area contributed by atoms with E-state index in [4.69, 9.17) is 9.47 Å². The summed E-state index contributed by atoms with van der Waals surface area (Å²) in [6.45, 7) is 0.999. The van der Waals surface area contributed by atoms with Crippen molar-refractivity contribution in [2.24, 2.45) is 0 Å². The van der Waals surface area contributed by atoms with Gasteiger partial charge in [0.15, 0.2) is 11.5 Å². The molecule has 3 aromatic carbocycles. The summed E-state index contributed by atoms with van der Waals surface area (Å²) >= 11 is 0. The largest absolute Gasteiger partial charge is 0.490 e. The van der Waals surface area contributed by atoms with E-state index < -0.39 is 10.0 Å². The number of amides is 1. The third-order valence-corrected chi connectivity index (χ3v) is 6.45. The fourth-order valence-electron chi connectivity index (χ4n) is 3.26. The number of nitrogens with zero attached hydrogens (tertiary/aromatic N) is 1. The van der Waals surface area contributed by atoms with Gasteiger partial charge in [-0.2, -0.15) is 0 Å². The van der Waals surface area contributed by atoms with Crippen LogP contribution in [0.1, 0.15) is 16.8 Å². The van der Waals surface area contributed by atoms with Crippen LogP contribution in [0.2, 0.25) is 0 Å². The molecule has 0 unspecified atom stereocenters. The molecular formula is C24H25N3O5S. The van der Waals surface area contributed by atoms with Crippen molar-refractivity contribution in [3.05, 3.63) is 72.3 Å². The maximum atomic E-state index is 12.8. The highest BCUT2D eigenvalue weighted by molar-refractivity contribution is 7.92. The lowest BCUT2D eigenvalue weighted by Gasteiger charge is -2.13. The van der Waals surface area contributed by atoms with Gasteiger partial charge in [-0.3, -0.25) is 9.52 Å². The van der Waals surface area contributed by atoms with E-state index in [1.807, 2.05) is 31.1 Å². The molecule has 0 aromatic heterocycles. The molecule has 2 N–H and O–H groups in total. The number of sulfonamides is 1. The van der Waals surface area contributed by atoms with Crippen molar-refractivity contribution in [2.75, 3.05) is 42.2 Å². The van der Waals surface area contributed by atoms with E-state index in [1.54, 1.807) is 42.5 Å². The van der Waals surface area contributed by atoms with Crippen LogP contribution in [0, 0.1) is 0 Å². The Morgan fingerprint density at radius 2 is 1.48 bits per heavy atom. The molecule has 0 radical (unpaired) electrons. The van der Waals surface area contributed by atoms with Crippen LogP contribution in [0.15, 0.2) is 71.6 Å². The molecule has 0 fully saturated rings. The summed E-state index contributed by atoms with van der Waals surface area (Å²) in [6, 6.07) is 18.2. The van der Waals surface area contributed by atoms with Crippen LogP contribution in [-0.4, -0.2) is 41.6 Å². The number of nitrogens with one attached hydrogen (secondary N) is 2. The molecule has 1 aliphatic heterocycles. The molecule has 1 amide bonds. The number of hydrogen-bond donors (Lipinski definition) is 2. The number of rotatable bonds is 6. The van der Waals surface area contributed by atoms with Gasteiger partial charge in [-0.25, -0.2) is 8.42 Å². The van der Waals surface area contributed by atoms with Gasteiger partial charge in [0, 0.05) is 49.2 Å². The van der Waals surface area contributed by atoms with Gasteiger partial charge in [-0.05, 0) is 60.7 Å². The minimum atomic E-state index is -3.83. The zero-order chi connectivity index (χ0) is 23.4. The van der Waals surface area contributed by atoms with Crippen molar-refractivity contribution in [1.82, 2.24) is 0 Å². The highest BCUT2D eigenvalue weighted by atomic mass is 32.2. The topological polar surface area (TPSA) is 97.0 Å². The molecule has 0 saturated carbocycles. The van der Waals surface area contributed by atoms with Crippen molar-refractivity contribution >= 4 is 33.0 Å². The predicted octanol–water partition coefficient (Wildman–Crippen LogP) is 3.97. The standard InChI is InChI=1S/C24H25N3O5S/c1-27(2)20-10-4-17(5-11-20)24(28)25-18-6-8-19(9-7-18)26-33(29,30)21-12-13-22-23(16-21)32-15-3-14-31-22/h4-13,16,26H,3,14-15H2,1-2H3,(H,25,28). The van der Waals surface area contributed by atoms with Crippen LogP contribution in [0.25, 0.3) is 0 Å². The second kappa shape index (κ2) is 9.41. The summed E-state index contributed by atoms with van der Waals surface area (Å²) in [4.78, 5) is 14.5. The van der Waals surface area contributed by atoms with Gasteiger partial charge in [0.1, 0.15) is 0 Å². The minimum absolute atomic E-state index is 0.0744. The fourth-order valence-corrected chi connectivity index (χ4v) is 4.33. The van der Waals surface area contributed by atoms with E-state index in [1.165, 1.54) is 12.1 Å². The molecule has 1 aliphatic rings. The Labute approximate surface area is 193 Å². The van der Waals surface area contributed by atoms with E-state index in [0.29, 0.717) is 41.7 Å². The van der Waals surface area contributed by atoms with Gasteiger partial charge in [0.05, 0.1) is 18.1 Å². The Kier molecular flexibility index (Phi) is 6.41. The third kappa shape index (κ3) is 5.38. The Bertz CT molecular complexity index is 1240. The molecule has 4 rings (SSSR count). The number of hydrogen-bond acceptors (Lipinski definition) is 6. The van der Waals surface area contributed by atoms with Crippen LogP contribution in [0.5, 0.6) is 11.5 Å². The molecule has 3 aromatic rings. The Morgan fingerprint density at radius 3 is 2.15 bits per heavy atom. The van der Waals surface area contributed by atoms with E-state index >= 15 is 0 Å². The molecule has 9 heteroatoms. The Hall–Kier alpha value is -3.72. The van der Waals surface area contributed by atoms with Crippen LogP contribution in [0.4, 0.5) is 17.1 Å². The van der Waals surface area contributed by atoms with Gasteiger partial charge in [0.2, 0.25) is 0 Å². The molecule has 0 atom stereocenters. The lowest BCUT2D eigenvalue weighted by atomic mass is 10.2. The third-order valence-electron chi connectivity index (χ3n) is 5.07. The number of fused-ring (bicyclic) bond motifs is 1. The van der Waals surface area contributed by atoms with E-state index in [-0.39, 0.29) is 10.8 Å². The first-order valence-electron chi connectivity index (χ1n) is 10.4. The Balaban J connectivity index is 1.42. The van der Waals surface area contributed by atoms with E-state index in [9.17, 15) is 13.2 Å². The highest BCUT2D eigenvalue weighted by Crippen LogP contribution is 2.32. The second-order valence-electron chi connectivity index (χ2n) is 7.74. The van der Waals surface area contributed by atoms with E-state index in [0.717, 1.165) is 12.1 Å². The SMILES string of the molecule is CN(C)c1ccc(C(=O)Nc2ccc(NS(=O)(=O)c3ccc4c(c3)OCCCO4)cc2)cc1. The monoisotopic (exact) mass is 467 g/mol. The Morgan fingerprint density at radius 1 is 0.848 bits per heavy atom. The zero-order valence-corrected chi connectivity index (χ0v) is 19.2. The molecule has 172 valence electrons. The molecule has 1 heterocycles. The van der Waals surface area contributed by atoms with Gasteiger partial charge in [-0.1, -0.05) is 0 Å². The minimum Gasteiger partial charge on any atom is -0.490 e. The van der Waals surface area contributed by atoms with Crippen molar-refractivity contribution in [3.8, 4) is 11.5 Å². The summed E-state index contributed by atoms with van der Waals surface area (Å²) < 4.78 is 39.3. The molecule has 0 aliphatic carbocycles. The summed E-state index contributed by atoms with van der Waals surface area (Å²) in [5.74, 6) is 0.691. The average molecular weight is 468 g/mol. The first-order valence-corrected chi connectivity index (χ1v) is 11.9. The molecular weight excluding hydrogens is 442 g/mol. The molecule has 0 spiro atoms. The normalized spacial score (nSPS) is 13.0. The van der Waals surface area contributed by atoms with Crippen molar-refractivity contribution in [3.63, 3.8) is 0 Å². The number of ether oxygens (including phenoxy) is 2. The van der Waals surface area contributed by atoms with Crippen molar-refractivity contribution < 1.29 is 22.7 Å². The number of anilines is 3. The number of benzene rings is 3. The van der Waals surface area contributed by atoms with Gasteiger partial charge in [-0.15, -0.1) is 0 Å². The molecule has 0 bridgehead atoms. The van der Waals surface area contributed by atoms with Crippen molar-refractivity contribution in [1.29, 1.82) is 0 Å². The van der Waals surface area contributed by atoms with Gasteiger partial charge >= 0.3 is 0 Å². The van der Waals surface area contributed by atoms with E-state index in [2.05, 4.69) is 10.0 Å².